The standard InChI is InChI=1S/C23H31ClN2O4S/c1-22(2,3)16-23(4,5)25-21(27)15-26(17-12-13-20(30-6)19(24)14-17)31(28,29)18-10-8-7-9-11-18/h7-14H,15-16H2,1-6H3,(H,25,27). The van der Waals surface area contributed by atoms with Crippen LogP contribution < -0.4 is 14.4 Å². The summed E-state index contributed by atoms with van der Waals surface area (Å²) < 4.78 is 33.0. The predicted molar refractivity (Wildman–Crippen MR) is 125 cm³/mol. The molecule has 0 unspecified atom stereocenters. The molecule has 0 aliphatic heterocycles. The van der Waals surface area contributed by atoms with Crippen LogP contribution in [0.25, 0.3) is 0 Å². The van der Waals surface area contributed by atoms with Crippen molar-refractivity contribution >= 4 is 33.2 Å². The number of nitrogens with one attached hydrogen (secondary N) is 1. The van der Waals surface area contributed by atoms with Gasteiger partial charge < -0.3 is 10.1 Å². The largest absolute Gasteiger partial charge is 0.495 e. The number of ether oxygens (including phenoxy) is 1. The summed E-state index contributed by atoms with van der Waals surface area (Å²) in [7, 11) is -2.53. The maximum absolute atomic E-state index is 13.4. The number of hydrogen-bond acceptors (Lipinski definition) is 4. The molecule has 2 aromatic rings. The molecule has 0 spiro atoms. The first kappa shape index (κ1) is 25.0. The van der Waals surface area contributed by atoms with E-state index in [2.05, 4.69) is 26.1 Å². The molecular formula is C23H31ClN2O4S. The molecule has 6 nitrogen and oxygen atoms in total. The Morgan fingerprint density at radius 2 is 1.68 bits per heavy atom. The minimum atomic E-state index is -4.00. The van der Waals surface area contributed by atoms with Crippen LogP contribution in [0.15, 0.2) is 53.4 Å². The van der Waals surface area contributed by atoms with Crippen LogP contribution in [0.4, 0.5) is 5.69 Å². The Balaban J connectivity index is 2.41. The Morgan fingerprint density at radius 3 is 2.19 bits per heavy atom. The van der Waals surface area contributed by atoms with Crippen molar-refractivity contribution in [2.45, 2.75) is 51.5 Å². The summed E-state index contributed by atoms with van der Waals surface area (Å²) in [5, 5.41) is 3.22. The molecule has 0 heterocycles. The average Bonchev–Trinajstić information content (AvgIpc) is 2.64. The van der Waals surface area contributed by atoms with Crippen LogP contribution in [-0.4, -0.2) is 33.5 Å². The molecule has 8 heteroatoms. The number of hydrogen-bond donors (Lipinski definition) is 1. The molecule has 0 fully saturated rings. The van der Waals surface area contributed by atoms with Crippen LogP contribution in [0.2, 0.25) is 5.02 Å². The molecule has 0 saturated heterocycles. The molecule has 2 rings (SSSR count). The fraction of sp³-hybridized carbons (Fsp3) is 0.435. The summed E-state index contributed by atoms with van der Waals surface area (Å²) in [6, 6.07) is 12.6. The van der Waals surface area contributed by atoms with E-state index in [-0.39, 0.29) is 27.6 Å². The zero-order valence-electron chi connectivity index (χ0n) is 18.9. The van der Waals surface area contributed by atoms with E-state index in [0.29, 0.717) is 5.75 Å². The highest BCUT2D eigenvalue weighted by Gasteiger charge is 2.31. The number of methoxy groups -OCH3 is 1. The molecule has 0 bridgehead atoms. The first-order valence-electron chi connectivity index (χ1n) is 9.97. The molecule has 1 amide bonds. The fourth-order valence-corrected chi connectivity index (χ4v) is 5.45. The number of anilines is 1. The molecule has 0 aliphatic carbocycles. The predicted octanol–water partition coefficient (Wildman–Crippen LogP) is 4.87. The lowest BCUT2D eigenvalue weighted by atomic mass is 9.82. The zero-order chi connectivity index (χ0) is 23.4. The van der Waals surface area contributed by atoms with Crippen molar-refractivity contribution in [1.29, 1.82) is 0 Å². The van der Waals surface area contributed by atoms with Crippen LogP contribution in [-0.2, 0) is 14.8 Å². The van der Waals surface area contributed by atoms with Gasteiger partial charge in [-0.1, -0.05) is 50.6 Å². The Bertz CT molecular complexity index is 1020. The highest BCUT2D eigenvalue weighted by atomic mass is 35.5. The van der Waals surface area contributed by atoms with Gasteiger partial charge in [-0.05, 0) is 56.0 Å². The van der Waals surface area contributed by atoms with Gasteiger partial charge in [0.25, 0.3) is 10.0 Å². The first-order chi connectivity index (χ1) is 14.2. The molecule has 0 aromatic heterocycles. The number of halogens is 1. The molecule has 1 N–H and O–H groups in total. The molecule has 170 valence electrons. The van der Waals surface area contributed by atoms with Gasteiger partial charge in [0.1, 0.15) is 12.3 Å². The molecular weight excluding hydrogens is 436 g/mol. The van der Waals surface area contributed by atoms with E-state index >= 15 is 0 Å². The Kier molecular flexibility index (Phi) is 7.66. The van der Waals surface area contributed by atoms with Gasteiger partial charge in [0.05, 0.1) is 22.7 Å². The summed E-state index contributed by atoms with van der Waals surface area (Å²) >= 11 is 6.24. The van der Waals surface area contributed by atoms with Crippen molar-refractivity contribution in [2.75, 3.05) is 18.0 Å². The number of carbonyl (C=O) groups is 1. The summed E-state index contributed by atoms with van der Waals surface area (Å²) in [6.07, 6.45) is 0.728. The van der Waals surface area contributed by atoms with Gasteiger partial charge in [-0.3, -0.25) is 9.10 Å². The van der Waals surface area contributed by atoms with Crippen LogP contribution in [0, 0.1) is 5.41 Å². The van der Waals surface area contributed by atoms with E-state index in [0.717, 1.165) is 10.7 Å². The lowest BCUT2D eigenvalue weighted by Crippen LogP contribution is -2.50. The lowest BCUT2D eigenvalue weighted by Gasteiger charge is -2.34. The lowest BCUT2D eigenvalue weighted by molar-refractivity contribution is -0.121. The smallest absolute Gasteiger partial charge is 0.264 e. The SMILES string of the molecule is COc1ccc(N(CC(=O)NC(C)(C)CC(C)(C)C)S(=O)(=O)c2ccccc2)cc1Cl. The number of sulfonamides is 1. The molecule has 0 saturated carbocycles. The Labute approximate surface area is 190 Å². The maximum atomic E-state index is 13.4. The number of amides is 1. The summed E-state index contributed by atoms with van der Waals surface area (Å²) in [6.45, 7) is 9.74. The number of carbonyl (C=O) groups excluding carboxylic acids is 1. The van der Waals surface area contributed by atoms with Crippen molar-refractivity contribution in [3.8, 4) is 5.75 Å². The third-order valence-electron chi connectivity index (χ3n) is 4.49. The number of benzene rings is 2. The van der Waals surface area contributed by atoms with E-state index < -0.39 is 21.5 Å². The van der Waals surface area contributed by atoms with E-state index in [1.165, 1.54) is 25.3 Å². The fourth-order valence-electron chi connectivity index (χ4n) is 3.76. The topological polar surface area (TPSA) is 75.7 Å². The van der Waals surface area contributed by atoms with Gasteiger partial charge in [-0.15, -0.1) is 0 Å². The normalized spacial score (nSPS) is 12.4. The molecule has 31 heavy (non-hydrogen) atoms. The van der Waals surface area contributed by atoms with Crippen LogP contribution >= 0.6 is 11.6 Å². The molecule has 0 radical (unpaired) electrons. The van der Waals surface area contributed by atoms with Crippen molar-refractivity contribution in [1.82, 2.24) is 5.32 Å². The van der Waals surface area contributed by atoms with Crippen molar-refractivity contribution in [3.63, 3.8) is 0 Å². The highest BCUT2D eigenvalue weighted by Crippen LogP contribution is 2.32. The van der Waals surface area contributed by atoms with E-state index in [9.17, 15) is 13.2 Å². The zero-order valence-corrected chi connectivity index (χ0v) is 20.5. The monoisotopic (exact) mass is 466 g/mol. The molecule has 2 aromatic carbocycles. The van der Waals surface area contributed by atoms with Gasteiger partial charge >= 0.3 is 0 Å². The van der Waals surface area contributed by atoms with Gasteiger partial charge in [0.15, 0.2) is 0 Å². The van der Waals surface area contributed by atoms with Gasteiger partial charge in [0, 0.05) is 5.54 Å². The first-order valence-corrected chi connectivity index (χ1v) is 11.8. The quantitative estimate of drug-likeness (QED) is 0.601. The maximum Gasteiger partial charge on any atom is 0.264 e. The highest BCUT2D eigenvalue weighted by molar-refractivity contribution is 7.92. The minimum absolute atomic E-state index is 0.00388. The third-order valence-corrected chi connectivity index (χ3v) is 6.58. The number of nitrogens with zero attached hydrogens (tertiary/aromatic N) is 1. The number of rotatable bonds is 8. The third kappa shape index (κ3) is 6.87. The van der Waals surface area contributed by atoms with Crippen molar-refractivity contribution in [2.24, 2.45) is 5.41 Å². The average molecular weight is 467 g/mol. The Morgan fingerprint density at radius 1 is 1.06 bits per heavy atom. The van der Waals surface area contributed by atoms with Crippen molar-refractivity contribution in [3.05, 3.63) is 53.6 Å². The van der Waals surface area contributed by atoms with Gasteiger partial charge in [-0.2, -0.15) is 0 Å². The van der Waals surface area contributed by atoms with Crippen molar-refractivity contribution < 1.29 is 17.9 Å². The van der Waals surface area contributed by atoms with Gasteiger partial charge in [0.2, 0.25) is 5.91 Å². The Hall–Kier alpha value is -2.25. The molecule has 0 aliphatic rings. The second kappa shape index (κ2) is 9.49. The summed E-state index contributed by atoms with van der Waals surface area (Å²) in [5.74, 6) is 0.0129. The van der Waals surface area contributed by atoms with Crippen LogP contribution in [0.5, 0.6) is 5.75 Å². The second-order valence-corrected chi connectivity index (χ2v) is 11.6. The van der Waals surface area contributed by atoms with E-state index in [1.54, 1.807) is 30.3 Å². The molecule has 0 atom stereocenters. The summed E-state index contributed by atoms with van der Waals surface area (Å²) in [5.41, 5.74) is -0.232. The minimum Gasteiger partial charge on any atom is -0.495 e. The van der Waals surface area contributed by atoms with Crippen LogP contribution in [0.1, 0.15) is 41.0 Å². The summed E-state index contributed by atoms with van der Waals surface area (Å²) in [4.78, 5) is 13.0. The van der Waals surface area contributed by atoms with Crippen LogP contribution in [0.3, 0.4) is 0 Å². The van der Waals surface area contributed by atoms with Gasteiger partial charge in [-0.25, -0.2) is 8.42 Å². The second-order valence-electron chi connectivity index (χ2n) is 9.31. The van der Waals surface area contributed by atoms with E-state index in [1.807, 2.05) is 13.8 Å². The van der Waals surface area contributed by atoms with E-state index in [4.69, 9.17) is 16.3 Å².